The van der Waals surface area contributed by atoms with E-state index in [1.807, 2.05) is 0 Å². The predicted octanol–water partition coefficient (Wildman–Crippen LogP) is 2.81. The minimum absolute atomic E-state index is 0.666. The molecule has 1 N–H and O–H groups in total. The average Bonchev–Trinajstić information content (AvgIpc) is 2.87. The monoisotopic (exact) mass is 250 g/mol. The highest BCUT2D eigenvalue weighted by Crippen LogP contribution is 2.13. The number of furan rings is 1. The minimum Gasteiger partial charge on any atom is -0.465 e. The van der Waals surface area contributed by atoms with Gasteiger partial charge in [0, 0.05) is 19.0 Å². The maximum Gasteiger partial charge on any atom is 0.118 e. The molecule has 1 aliphatic heterocycles. The standard InChI is InChI=1S/C15H26N2O/c1-3-14-8-9-15(18-14)12-17(4-2)11-13-7-5-6-10-16-13/h8-9,13,16H,3-7,10-12H2,1-2H3. The molecule has 1 unspecified atom stereocenters. The molecule has 102 valence electrons. The summed E-state index contributed by atoms with van der Waals surface area (Å²) in [7, 11) is 0. The summed E-state index contributed by atoms with van der Waals surface area (Å²) in [5.74, 6) is 2.20. The van der Waals surface area contributed by atoms with Crippen LogP contribution in [0.2, 0.25) is 0 Å². The zero-order valence-electron chi connectivity index (χ0n) is 11.7. The Hall–Kier alpha value is -0.800. The number of nitrogens with one attached hydrogen (secondary N) is 1. The van der Waals surface area contributed by atoms with E-state index in [0.29, 0.717) is 6.04 Å². The molecule has 1 aliphatic rings. The van der Waals surface area contributed by atoms with Crippen molar-refractivity contribution in [3.8, 4) is 0 Å². The number of hydrogen-bond donors (Lipinski definition) is 1. The van der Waals surface area contributed by atoms with E-state index < -0.39 is 0 Å². The average molecular weight is 250 g/mol. The predicted molar refractivity (Wildman–Crippen MR) is 74.7 cm³/mol. The second kappa shape index (κ2) is 6.95. The molecule has 2 heterocycles. The normalized spacial score (nSPS) is 20.5. The third-order valence-corrected chi connectivity index (χ3v) is 3.78. The van der Waals surface area contributed by atoms with Gasteiger partial charge < -0.3 is 9.73 Å². The Morgan fingerprint density at radius 3 is 2.72 bits per heavy atom. The summed E-state index contributed by atoms with van der Waals surface area (Å²) in [5.41, 5.74) is 0. The second-order valence-corrected chi connectivity index (χ2v) is 5.20. The van der Waals surface area contributed by atoms with E-state index in [1.54, 1.807) is 0 Å². The fourth-order valence-corrected chi connectivity index (χ4v) is 2.61. The lowest BCUT2D eigenvalue weighted by molar-refractivity contribution is 0.211. The van der Waals surface area contributed by atoms with E-state index in [0.717, 1.165) is 37.6 Å². The summed E-state index contributed by atoms with van der Waals surface area (Å²) >= 11 is 0. The van der Waals surface area contributed by atoms with Crippen LogP contribution in [-0.4, -0.2) is 30.6 Å². The molecule has 2 rings (SSSR count). The molecule has 0 radical (unpaired) electrons. The molecule has 3 heteroatoms. The zero-order chi connectivity index (χ0) is 12.8. The van der Waals surface area contributed by atoms with Crippen LogP contribution in [0.15, 0.2) is 16.5 Å². The fraction of sp³-hybridized carbons (Fsp3) is 0.733. The summed E-state index contributed by atoms with van der Waals surface area (Å²) < 4.78 is 5.79. The van der Waals surface area contributed by atoms with Crippen LogP contribution in [0.1, 0.15) is 44.6 Å². The van der Waals surface area contributed by atoms with Gasteiger partial charge in [0.05, 0.1) is 6.54 Å². The van der Waals surface area contributed by atoms with Gasteiger partial charge in [-0.25, -0.2) is 0 Å². The van der Waals surface area contributed by atoms with Crippen molar-refractivity contribution in [2.45, 2.75) is 52.1 Å². The lowest BCUT2D eigenvalue weighted by Gasteiger charge is -2.29. The maximum absolute atomic E-state index is 5.79. The van der Waals surface area contributed by atoms with Gasteiger partial charge in [0.25, 0.3) is 0 Å². The van der Waals surface area contributed by atoms with Gasteiger partial charge in [0.15, 0.2) is 0 Å². The first kappa shape index (κ1) is 13.6. The van der Waals surface area contributed by atoms with Crippen molar-refractivity contribution in [2.24, 2.45) is 0 Å². The zero-order valence-corrected chi connectivity index (χ0v) is 11.7. The molecule has 1 atom stereocenters. The Bertz CT molecular complexity index is 342. The van der Waals surface area contributed by atoms with Gasteiger partial charge >= 0.3 is 0 Å². The highest BCUT2D eigenvalue weighted by molar-refractivity contribution is 5.07. The van der Waals surface area contributed by atoms with Crippen molar-refractivity contribution in [3.05, 3.63) is 23.7 Å². The molecule has 0 bridgehead atoms. The third-order valence-electron chi connectivity index (χ3n) is 3.78. The number of rotatable bonds is 6. The molecule has 1 aromatic rings. The van der Waals surface area contributed by atoms with E-state index >= 15 is 0 Å². The first-order chi connectivity index (χ1) is 8.81. The Kier molecular flexibility index (Phi) is 5.26. The van der Waals surface area contributed by atoms with Gasteiger partial charge in [0.1, 0.15) is 11.5 Å². The molecule has 0 aliphatic carbocycles. The van der Waals surface area contributed by atoms with Crippen molar-refractivity contribution in [1.82, 2.24) is 10.2 Å². The summed E-state index contributed by atoms with van der Waals surface area (Å²) in [4.78, 5) is 2.47. The van der Waals surface area contributed by atoms with Crippen LogP contribution in [0.5, 0.6) is 0 Å². The third kappa shape index (κ3) is 3.85. The van der Waals surface area contributed by atoms with Crippen molar-refractivity contribution in [1.29, 1.82) is 0 Å². The highest BCUT2D eigenvalue weighted by Gasteiger charge is 2.16. The van der Waals surface area contributed by atoms with Crippen molar-refractivity contribution < 1.29 is 4.42 Å². The van der Waals surface area contributed by atoms with E-state index in [9.17, 15) is 0 Å². The van der Waals surface area contributed by atoms with Crippen LogP contribution < -0.4 is 5.32 Å². The number of aryl methyl sites for hydroxylation is 1. The minimum atomic E-state index is 0.666. The van der Waals surface area contributed by atoms with E-state index in [-0.39, 0.29) is 0 Å². The SMILES string of the molecule is CCc1ccc(CN(CC)CC2CCCCN2)o1. The molecule has 18 heavy (non-hydrogen) atoms. The van der Waals surface area contributed by atoms with Crippen molar-refractivity contribution >= 4 is 0 Å². The van der Waals surface area contributed by atoms with E-state index in [4.69, 9.17) is 4.42 Å². The lowest BCUT2D eigenvalue weighted by atomic mass is 10.0. The Labute approximate surface area is 111 Å². The second-order valence-electron chi connectivity index (χ2n) is 5.20. The molecule has 1 fully saturated rings. The molecule has 0 amide bonds. The van der Waals surface area contributed by atoms with Gasteiger partial charge in [-0.2, -0.15) is 0 Å². The highest BCUT2D eigenvalue weighted by atomic mass is 16.3. The molecule has 0 spiro atoms. The van der Waals surface area contributed by atoms with Crippen LogP contribution in [-0.2, 0) is 13.0 Å². The Morgan fingerprint density at radius 1 is 1.28 bits per heavy atom. The van der Waals surface area contributed by atoms with Gasteiger partial charge in [-0.1, -0.05) is 20.3 Å². The molecule has 0 aromatic carbocycles. The van der Waals surface area contributed by atoms with Crippen LogP contribution in [0.25, 0.3) is 0 Å². The van der Waals surface area contributed by atoms with Crippen LogP contribution in [0.4, 0.5) is 0 Å². The molecule has 0 saturated carbocycles. The summed E-state index contributed by atoms with van der Waals surface area (Å²) in [6.07, 6.45) is 5.00. The van der Waals surface area contributed by atoms with Crippen LogP contribution >= 0.6 is 0 Å². The molecular weight excluding hydrogens is 224 g/mol. The number of nitrogens with zero attached hydrogens (tertiary/aromatic N) is 1. The Morgan fingerprint density at radius 2 is 2.11 bits per heavy atom. The number of hydrogen-bond acceptors (Lipinski definition) is 3. The first-order valence-electron chi connectivity index (χ1n) is 7.35. The van der Waals surface area contributed by atoms with Crippen molar-refractivity contribution in [3.63, 3.8) is 0 Å². The van der Waals surface area contributed by atoms with E-state index in [1.165, 1.54) is 25.8 Å². The lowest BCUT2D eigenvalue weighted by Crippen LogP contribution is -2.43. The number of piperidine rings is 1. The summed E-state index contributed by atoms with van der Waals surface area (Å²) in [5, 5.41) is 3.61. The van der Waals surface area contributed by atoms with Gasteiger partial charge in [-0.05, 0) is 38.1 Å². The molecular formula is C15H26N2O. The topological polar surface area (TPSA) is 28.4 Å². The smallest absolute Gasteiger partial charge is 0.118 e. The van der Waals surface area contributed by atoms with Crippen LogP contribution in [0, 0.1) is 0 Å². The quantitative estimate of drug-likeness (QED) is 0.841. The Balaban J connectivity index is 1.84. The summed E-state index contributed by atoms with van der Waals surface area (Å²) in [6, 6.07) is 4.89. The van der Waals surface area contributed by atoms with Gasteiger partial charge in [-0.15, -0.1) is 0 Å². The number of likely N-dealkylation sites (N-methyl/N-ethyl adjacent to an activating group) is 1. The first-order valence-corrected chi connectivity index (χ1v) is 7.35. The van der Waals surface area contributed by atoms with Crippen LogP contribution in [0.3, 0.4) is 0 Å². The van der Waals surface area contributed by atoms with Gasteiger partial charge in [-0.3, -0.25) is 4.90 Å². The maximum atomic E-state index is 5.79. The van der Waals surface area contributed by atoms with Crippen molar-refractivity contribution in [2.75, 3.05) is 19.6 Å². The largest absolute Gasteiger partial charge is 0.465 e. The van der Waals surface area contributed by atoms with Gasteiger partial charge in [0.2, 0.25) is 0 Å². The fourth-order valence-electron chi connectivity index (χ4n) is 2.61. The van der Waals surface area contributed by atoms with E-state index in [2.05, 4.69) is 36.2 Å². The molecule has 1 saturated heterocycles. The summed E-state index contributed by atoms with van der Waals surface area (Å²) in [6.45, 7) is 8.70. The molecule has 3 nitrogen and oxygen atoms in total. The molecule has 1 aromatic heterocycles.